The van der Waals surface area contributed by atoms with Crippen molar-refractivity contribution in [1.29, 1.82) is 0 Å². The van der Waals surface area contributed by atoms with Crippen LogP contribution < -0.4 is 5.43 Å². The van der Waals surface area contributed by atoms with E-state index < -0.39 is 16.7 Å². The second kappa shape index (κ2) is 9.36. The van der Waals surface area contributed by atoms with Gasteiger partial charge in [0.1, 0.15) is 11.5 Å². The third-order valence-corrected chi connectivity index (χ3v) is 6.32. The van der Waals surface area contributed by atoms with E-state index >= 15 is 0 Å². The number of hydrogen-bond donors (Lipinski definition) is 1. The molecular weight excluding hydrogens is 509 g/mol. The number of nitrogens with one attached hydrogen (secondary N) is 1. The van der Waals surface area contributed by atoms with E-state index in [4.69, 9.17) is 39.8 Å². The maximum atomic E-state index is 12.8. The molecule has 0 saturated carbocycles. The first-order valence-corrected chi connectivity index (χ1v) is 11.1. The van der Waals surface area contributed by atoms with Gasteiger partial charge < -0.3 is 4.42 Å². The molecule has 1 aromatic heterocycles. The number of thiocarbonyl (C=S) groups is 1. The average Bonchev–Trinajstić information content (AvgIpc) is 3.34. The molecule has 12 heteroatoms. The summed E-state index contributed by atoms with van der Waals surface area (Å²) >= 11 is 18.2. The predicted octanol–water partition coefficient (Wildman–Crippen LogP) is 5.71. The lowest BCUT2D eigenvalue weighted by atomic mass is 10.1. The number of hydrazine groups is 1. The van der Waals surface area contributed by atoms with Gasteiger partial charge in [-0.25, -0.2) is 0 Å². The third-order valence-electron chi connectivity index (χ3n) is 4.44. The van der Waals surface area contributed by atoms with Crippen LogP contribution >= 0.6 is 47.2 Å². The molecule has 0 radical (unpaired) electrons. The van der Waals surface area contributed by atoms with E-state index in [1.807, 2.05) is 0 Å². The number of nitro benzene ring substituents is 1. The van der Waals surface area contributed by atoms with E-state index in [0.29, 0.717) is 27.7 Å². The quantitative estimate of drug-likeness (QED) is 0.199. The Kier molecular flexibility index (Phi) is 6.52. The van der Waals surface area contributed by atoms with E-state index in [-0.39, 0.29) is 19.9 Å². The summed E-state index contributed by atoms with van der Waals surface area (Å²) in [4.78, 5) is 35.9. The van der Waals surface area contributed by atoms with Gasteiger partial charge >= 0.3 is 0 Å². The van der Waals surface area contributed by atoms with Crippen molar-refractivity contribution in [3.63, 3.8) is 0 Å². The van der Waals surface area contributed by atoms with E-state index in [0.717, 1.165) is 16.8 Å². The minimum Gasteiger partial charge on any atom is -0.457 e. The molecule has 0 atom stereocenters. The van der Waals surface area contributed by atoms with Crippen LogP contribution in [-0.2, 0) is 4.79 Å². The minimum absolute atomic E-state index is 0.135. The summed E-state index contributed by atoms with van der Waals surface area (Å²) < 4.78 is 5.86. The van der Waals surface area contributed by atoms with Crippen molar-refractivity contribution >= 4 is 75.1 Å². The molecule has 3 aromatic rings. The summed E-state index contributed by atoms with van der Waals surface area (Å²) in [5, 5.41) is 12.8. The molecule has 1 N–H and O–H groups in total. The predicted molar refractivity (Wildman–Crippen MR) is 130 cm³/mol. The zero-order valence-corrected chi connectivity index (χ0v) is 19.4. The molecule has 1 aliphatic rings. The molecule has 166 valence electrons. The Morgan fingerprint density at radius 2 is 1.88 bits per heavy atom. The van der Waals surface area contributed by atoms with Gasteiger partial charge in [-0.05, 0) is 54.7 Å². The molecule has 2 aromatic carbocycles. The number of carbonyl (C=O) groups is 2. The van der Waals surface area contributed by atoms with Crippen molar-refractivity contribution in [3.05, 3.63) is 91.0 Å². The second-order valence-electron chi connectivity index (χ2n) is 6.59. The van der Waals surface area contributed by atoms with Gasteiger partial charge in [0.05, 0.1) is 14.9 Å². The Hall–Kier alpha value is -3.18. The highest BCUT2D eigenvalue weighted by Crippen LogP contribution is 2.35. The molecule has 1 fully saturated rings. The molecule has 33 heavy (non-hydrogen) atoms. The number of non-ortho nitro benzene ring substituents is 1. The Labute approximate surface area is 206 Å². The van der Waals surface area contributed by atoms with Gasteiger partial charge in [0.25, 0.3) is 17.5 Å². The van der Waals surface area contributed by atoms with Gasteiger partial charge in [-0.1, -0.05) is 35.0 Å². The van der Waals surface area contributed by atoms with E-state index in [1.165, 1.54) is 36.4 Å². The summed E-state index contributed by atoms with van der Waals surface area (Å²) in [5.74, 6) is -0.456. The number of furan rings is 1. The van der Waals surface area contributed by atoms with E-state index in [2.05, 4.69) is 5.43 Å². The molecule has 0 bridgehead atoms. The smallest absolute Gasteiger partial charge is 0.285 e. The minimum atomic E-state index is -0.534. The van der Waals surface area contributed by atoms with Crippen molar-refractivity contribution in [2.24, 2.45) is 0 Å². The van der Waals surface area contributed by atoms with Gasteiger partial charge in [-0.15, -0.1) is 0 Å². The first-order valence-electron chi connectivity index (χ1n) is 9.11. The van der Waals surface area contributed by atoms with E-state index in [9.17, 15) is 19.7 Å². The Morgan fingerprint density at radius 3 is 2.58 bits per heavy atom. The summed E-state index contributed by atoms with van der Waals surface area (Å²) in [6.07, 6.45) is 1.46. The normalized spacial score (nSPS) is 14.7. The van der Waals surface area contributed by atoms with Crippen LogP contribution in [0.15, 0.2) is 63.9 Å². The fourth-order valence-corrected chi connectivity index (χ4v) is 4.35. The number of amides is 2. The van der Waals surface area contributed by atoms with Crippen LogP contribution in [0.4, 0.5) is 5.69 Å². The topological polar surface area (TPSA) is 106 Å². The fourth-order valence-electron chi connectivity index (χ4n) is 2.85. The third kappa shape index (κ3) is 4.93. The summed E-state index contributed by atoms with van der Waals surface area (Å²) in [6.45, 7) is 0. The summed E-state index contributed by atoms with van der Waals surface area (Å²) in [7, 11) is 0. The molecule has 8 nitrogen and oxygen atoms in total. The largest absolute Gasteiger partial charge is 0.457 e. The molecule has 0 unspecified atom stereocenters. The van der Waals surface area contributed by atoms with Crippen LogP contribution in [0.1, 0.15) is 16.1 Å². The number of thioether (sulfide) groups is 1. The highest BCUT2D eigenvalue weighted by Gasteiger charge is 2.34. The molecule has 0 aliphatic carbocycles. The summed E-state index contributed by atoms with van der Waals surface area (Å²) in [6, 6.07) is 13.3. The van der Waals surface area contributed by atoms with Gasteiger partial charge in [0.2, 0.25) is 0 Å². The maximum Gasteiger partial charge on any atom is 0.285 e. The Morgan fingerprint density at radius 1 is 1.15 bits per heavy atom. The molecular formula is C21H11Cl2N3O5S2. The standard InChI is InChI=1S/C21H11Cl2N3O5S2/c22-12-3-1-11(2-4-12)19(27)24-25-20(28)18(33-21(25)32)10-14-6-8-17(31-14)15-9-13(26(29)30)5-7-16(15)23/h1-10H,(H,24,27)/b18-10+. The van der Waals surface area contributed by atoms with Crippen LogP contribution in [-0.4, -0.2) is 26.1 Å². The molecule has 2 amide bonds. The molecule has 0 spiro atoms. The van der Waals surface area contributed by atoms with Crippen molar-refractivity contribution < 1.29 is 18.9 Å². The number of carbonyl (C=O) groups excluding carboxylic acids is 2. The molecule has 1 aliphatic heterocycles. The van der Waals surface area contributed by atoms with E-state index in [1.54, 1.807) is 24.3 Å². The van der Waals surface area contributed by atoms with Crippen molar-refractivity contribution in [3.8, 4) is 11.3 Å². The highest BCUT2D eigenvalue weighted by molar-refractivity contribution is 8.26. The fraction of sp³-hybridized carbons (Fsp3) is 0. The first kappa shape index (κ1) is 23.0. The number of rotatable bonds is 5. The van der Waals surface area contributed by atoms with Crippen LogP contribution in [0.25, 0.3) is 17.4 Å². The first-order chi connectivity index (χ1) is 15.7. The van der Waals surface area contributed by atoms with Gasteiger partial charge in [0.15, 0.2) is 4.32 Å². The SMILES string of the molecule is O=C(NN1C(=O)/C(=C\c2ccc(-c3cc([N+](=O)[O-])ccc3Cl)o2)SC1=S)c1ccc(Cl)cc1. The zero-order chi connectivity index (χ0) is 23.7. The van der Waals surface area contributed by atoms with Crippen LogP contribution in [0.2, 0.25) is 10.0 Å². The molecule has 4 rings (SSSR count). The molecule has 1 saturated heterocycles. The van der Waals surface area contributed by atoms with Crippen LogP contribution in [0.5, 0.6) is 0 Å². The van der Waals surface area contributed by atoms with Gasteiger partial charge in [-0.3, -0.25) is 25.1 Å². The second-order valence-corrected chi connectivity index (χ2v) is 9.11. The highest BCUT2D eigenvalue weighted by atomic mass is 35.5. The van der Waals surface area contributed by atoms with Crippen molar-refractivity contribution in [2.45, 2.75) is 0 Å². The number of halogens is 2. The molecule has 2 heterocycles. The lowest BCUT2D eigenvalue weighted by Crippen LogP contribution is -2.44. The average molecular weight is 520 g/mol. The summed E-state index contributed by atoms with van der Waals surface area (Å²) in [5.41, 5.74) is 2.99. The lowest BCUT2D eigenvalue weighted by molar-refractivity contribution is -0.384. The van der Waals surface area contributed by atoms with Crippen molar-refractivity contribution in [2.75, 3.05) is 0 Å². The Bertz CT molecular complexity index is 1340. The Balaban J connectivity index is 1.53. The number of nitrogens with zero attached hydrogens (tertiary/aromatic N) is 2. The van der Waals surface area contributed by atoms with Crippen LogP contribution in [0.3, 0.4) is 0 Å². The maximum absolute atomic E-state index is 12.8. The number of hydrogen-bond acceptors (Lipinski definition) is 7. The van der Waals surface area contributed by atoms with Gasteiger partial charge in [0, 0.05) is 34.4 Å². The number of nitro groups is 1. The van der Waals surface area contributed by atoms with Crippen LogP contribution in [0, 0.1) is 10.1 Å². The van der Waals surface area contributed by atoms with Crippen molar-refractivity contribution in [1.82, 2.24) is 10.4 Å². The van der Waals surface area contributed by atoms with Gasteiger partial charge in [-0.2, -0.15) is 5.01 Å². The lowest BCUT2D eigenvalue weighted by Gasteiger charge is -2.15. The monoisotopic (exact) mass is 519 g/mol. The zero-order valence-electron chi connectivity index (χ0n) is 16.3. The number of benzene rings is 2.